The Morgan fingerprint density at radius 3 is 2.30 bits per heavy atom. The summed E-state index contributed by atoms with van der Waals surface area (Å²) in [6.07, 6.45) is 5.47. The van der Waals surface area contributed by atoms with E-state index in [-0.39, 0.29) is 22.9 Å². The second-order valence-electron chi connectivity index (χ2n) is 9.62. The van der Waals surface area contributed by atoms with Crippen LogP contribution in [0.5, 0.6) is 0 Å². The van der Waals surface area contributed by atoms with Crippen LogP contribution >= 0.6 is 0 Å². The first-order valence-electron chi connectivity index (χ1n) is 10.7. The summed E-state index contributed by atoms with van der Waals surface area (Å²) in [4.78, 5) is 27.4. The molecule has 1 amide bonds. The molecule has 2 aromatic rings. The summed E-state index contributed by atoms with van der Waals surface area (Å²) in [6.45, 7) is 6.52. The Kier molecular flexibility index (Phi) is 5.18. The van der Waals surface area contributed by atoms with Crippen molar-refractivity contribution in [1.29, 1.82) is 0 Å². The summed E-state index contributed by atoms with van der Waals surface area (Å²) < 4.78 is 0. The Labute approximate surface area is 177 Å². The van der Waals surface area contributed by atoms with E-state index in [2.05, 4.69) is 55.3 Å². The predicted molar refractivity (Wildman–Crippen MR) is 118 cm³/mol. The number of carbonyl (C=O) groups is 1. The summed E-state index contributed by atoms with van der Waals surface area (Å²) >= 11 is 0. The normalized spacial score (nSPS) is 21.3. The fourth-order valence-corrected chi connectivity index (χ4v) is 4.23. The molecule has 2 fully saturated rings. The van der Waals surface area contributed by atoms with E-state index in [1.807, 2.05) is 12.1 Å². The minimum absolute atomic E-state index is 0.0507. The van der Waals surface area contributed by atoms with Crippen LogP contribution in [0, 0.1) is 0 Å². The SMILES string of the molecule is CC(C)(C)c1ccc(/C(=C/[C@H]2CCC(=O)N2)c2ccc(C3(O)CCC3)c(=O)[nH]2)cc1. The van der Waals surface area contributed by atoms with Crippen LogP contribution in [0.25, 0.3) is 5.57 Å². The van der Waals surface area contributed by atoms with E-state index in [1.54, 1.807) is 6.07 Å². The first kappa shape index (κ1) is 20.6. The van der Waals surface area contributed by atoms with Gasteiger partial charge in [-0.25, -0.2) is 0 Å². The van der Waals surface area contributed by atoms with Crippen molar-refractivity contribution in [3.05, 3.63) is 75.2 Å². The van der Waals surface area contributed by atoms with Gasteiger partial charge in [0.15, 0.2) is 0 Å². The minimum Gasteiger partial charge on any atom is -0.385 e. The van der Waals surface area contributed by atoms with Gasteiger partial charge in [0.05, 0.1) is 5.60 Å². The predicted octanol–water partition coefficient (Wildman–Crippen LogP) is 3.75. The fourth-order valence-electron chi connectivity index (χ4n) is 4.23. The van der Waals surface area contributed by atoms with Gasteiger partial charge in [-0.2, -0.15) is 0 Å². The van der Waals surface area contributed by atoms with Crippen molar-refractivity contribution in [1.82, 2.24) is 10.3 Å². The molecule has 4 rings (SSSR count). The Balaban J connectivity index is 1.74. The summed E-state index contributed by atoms with van der Waals surface area (Å²) in [7, 11) is 0. The molecular formula is C25H30N2O3. The van der Waals surface area contributed by atoms with E-state index < -0.39 is 5.60 Å². The maximum absolute atomic E-state index is 12.8. The van der Waals surface area contributed by atoms with Gasteiger partial charge in [0.2, 0.25) is 5.91 Å². The quantitative estimate of drug-likeness (QED) is 0.723. The summed E-state index contributed by atoms with van der Waals surface area (Å²) in [6, 6.07) is 11.9. The summed E-state index contributed by atoms with van der Waals surface area (Å²) in [5.74, 6) is 0.0507. The molecule has 3 N–H and O–H groups in total. The van der Waals surface area contributed by atoms with Gasteiger partial charge in [-0.15, -0.1) is 0 Å². The van der Waals surface area contributed by atoms with Crippen molar-refractivity contribution >= 4 is 11.5 Å². The zero-order valence-corrected chi connectivity index (χ0v) is 17.9. The third kappa shape index (κ3) is 3.99. The van der Waals surface area contributed by atoms with E-state index in [4.69, 9.17) is 0 Å². The first-order valence-corrected chi connectivity index (χ1v) is 10.7. The second-order valence-corrected chi connectivity index (χ2v) is 9.62. The molecular weight excluding hydrogens is 376 g/mol. The van der Waals surface area contributed by atoms with Gasteiger partial charge in [-0.05, 0) is 54.4 Å². The molecule has 1 saturated heterocycles. The lowest BCUT2D eigenvalue weighted by Crippen LogP contribution is -2.39. The average Bonchev–Trinajstić information content (AvgIpc) is 3.08. The molecule has 1 aromatic heterocycles. The number of hydrogen-bond donors (Lipinski definition) is 3. The molecule has 2 aliphatic rings. The van der Waals surface area contributed by atoms with Crippen molar-refractivity contribution in [2.45, 2.75) is 69.9 Å². The van der Waals surface area contributed by atoms with E-state index >= 15 is 0 Å². The maximum atomic E-state index is 12.8. The maximum Gasteiger partial charge on any atom is 0.254 e. The third-order valence-electron chi connectivity index (χ3n) is 6.34. The van der Waals surface area contributed by atoms with Crippen molar-refractivity contribution in [3.63, 3.8) is 0 Å². The molecule has 1 aliphatic heterocycles. The van der Waals surface area contributed by atoms with Crippen LogP contribution in [0.1, 0.15) is 75.3 Å². The highest BCUT2D eigenvalue weighted by Gasteiger charge is 2.38. The Hall–Kier alpha value is -2.66. The molecule has 0 spiro atoms. The van der Waals surface area contributed by atoms with Crippen molar-refractivity contribution < 1.29 is 9.90 Å². The van der Waals surface area contributed by atoms with Crippen LogP contribution in [0.3, 0.4) is 0 Å². The summed E-state index contributed by atoms with van der Waals surface area (Å²) in [5, 5.41) is 13.6. The Morgan fingerprint density at radius 2 is 1.80 bits per heavy atom. The van der Waals surface area contributed by atoms with Crippen molar-refractivity contribution in [3.8, 4) is 0 Å². The Bertz CT molecular complexity index is 1040. The van der Waals surface area contributed by atoms with Crippen LogP contribution in [-0.4, -0.2) is 22.0 Å². The molecule has 1 aliphatic carbocycles. The number of aliphatic hydroxyl groups is 1. The van der Waals surface area contributed by atoms with Crippen molar-refractivity contribution in [2.75, 3.05) is 0 Å². The smallest absolute Gasteiger partial charge is 0.254 e. The van der Waals surface area contributed by atoms with Gasteiger partial charge in [0.1, 0.15) is 0 Å². The lowest BCUT2D eigenvalue weighted by molar-refractivity contribution is -0.119. The van der Waals surface area contributed by atoms with E-state index in [0.717, 1.165) is 24.0 Å². The highest BCUT2D eigenvalue weighted by molar-refractivity contribution is 5.82. The largest absolute Gasteiger partial charge is 0.385 e. The minimum atomic E-state index is -0.996. The van der Waals surface area contributed by atoms with E-state index in [1.165, 1.54) is 5.56 Å². The molecule has 5 heteroatoms. The molecule has 30 heavy (non-hydrogen) atoms. The number of aromatic nitrogens is 1. The van der Waals surface area contributed by atoms with Crippen LogP contribution in [0.2, 0.25) is 0 Å². The van der Waals surface area contributed by atoms with Gasteiger partial charge in [-0.1, -0.05) is 51.1 Å². The standard InChI is InChI=1S/C25H30N2O3/c1-24(2,3)17-7-5-16(6-8-17)19(15-18-9-12-22(28)26-18)21-11-10-20(23(29)27-21)25(30)13-4-14-25/h5-8,10-11,15,18,30H,4,9,12-14H2,1-3H3,(H,26,28)(H,27,29)/b19-15-/t18-/m1/s1. The van der Waals surface area contributed by atoms with Gasteiger partial charge in [0, 0.05) is 29.3 Å². The molecule has 0 radical (unpaired) electrons. The lowest BCUT2D eigenvalue weighted by atomic mass is 9.75. The molecule has 0 bridgehead atoms. The molecule has 0 unspecified atom stereocenters. The number of H-pyrrole nitrogens is 1. The number of benzene rings is 1. The first-order chi connectivity index (χ1) is 14.2. The zero-order valence-electron chi connectivity index (χ0n) is 17.9. The van der Waals surface area contributed by atoms with Gasteiger partial charge in [0.25, 0.3) is 5.56 Å². The highest BCUT2D eigenvalue weighted by atomic mass is 16.3. The molecule has 2 heterocycles. The topological polar surface area (TPSA) is 82.2 Å². The number of carbonyl (C=O) groups excluding carboxylic acids is 1. The molecule has 5 nitrogen and oxygen atoms in total. The van der Waals surface area contributed by atoms with E-state index in [9.17, 15) is 14.7 Å². The third-order valence-corrected chi connectivity index (χ3v) is 6.34. The van der Waals surface area contributed by atoms with Crippen LogP contribution in [-0.2, 0) is 15.8 Å². The number of pyridine rings is 1. The second kappa shape index (κ2) is 7.55. The number of aromatic amines is 1. The molecule has 1 aromatic carbocycles. The lowest BCUT2D eigenvalue weighted by Gasteiger charge is -2.36. The average molecular weight is 407 g/mol. The Morgan fingerprint density at radius 1 is 1.10 bits per heavy atom. The number of nitrogens with one attached hydrogen (secondary N) is 2. The van der Waals surface area contributed by atoms with Crippen LogP contribution in [0.15, 0.2) is 47.3 Å². The van der Waals surface area contributed by atoms with Crippen molar-refractivity contribution in [2.24, 2.45) is 0 Å². The van der Waals surface area contributed by atoms with Gasteiger partial charge in [-0.3, -0.25) is 9.59 Å². The fraction of sp³-hybridized carbons (Fsp3) is 0.440. The summed E-state index contributed by atoms with van der Waals surface area (Å²) in [5.41, 5.74) is 3.03. The number of rotatable bonds is 4. The van der Waals surface area contributed by atoms with Crippen LogP contribution in [0.4, 0.5) is 0 Å². The number of hydrogen-bond acceptors (Lipinski definition) is 3. The highest BCUT2D eigenvalue weighted by Crippen LogP contribution is 2.39. The van der Waals surface area contributed by atoms with Gasteiger partial charge < -0.3 is 15.4 Å². The van der Waals surface area contributed by atoms with Gasteiger partial charge >= 0.3 is 0 Å². The van der Waals surface area contributed by atoms with Crippen LogP contribution < -0.4 is 10.9 Å². The van der Waals surface area contributed by atoms with E-state index in [0.29, 0.717) is 30.5 Å². The number of amides is 1. The zero-order chi connectivity index (χ0) is 21.5. The molecule has 1 saturated carbocycles. The molecule has 1 atom stereocenters. The molecule has 158 valence electrons. The monoisotopic (exact) mass is 406 g/mol.